The Hall–Kier alpha value is -3.22. The van der Waals surface area contributed by atoms with E-state index in [1.807, 2.05) is 0 Å². The van der Waals surface area contributed by atoms with E-state index in [2.05, 4.69) is 15.3 Å². The molecule has 23 heavy (non-hydrogen) atoms. The fourth-order valence-electron chi connectivity index (χ4n) is 2.13. The molecule has 0 saturated carbocycles. The number of nitrogens with zero attached hydrogens (tertiary/aromatic N) is 3. The van der Waals surface area contributed by atoms with Gasteiger partial charge in [-0.25, -0.2) is 19.2 Å². The van der Waals surface area contributed by atoms with Gasteiger partial charge in [-0.2, -0.15) is 0 Å². The van der Waals surface area contributed by atoms with E-state index in [4.69, 9.17) is 0 Å². The normalized spacial score (nSPS) is 10.5. The number of halogens is 1. The highest BCUT2D eigenvalue weighted by molar-refractivity contribution is 5.91. The van der Waals surface area contributed by atoms with Gasteiger partial charge < -0.3 is 15.0 Å². The molecule has 0 fully saturated rings. The number of carbonyl (C=O) groups is 1. The Morgan fingerprint density at radius 2 is 2.04 bits per heavy atom. The predicted octanol–water partition coefficient (Wildman–Crippen LogP) is 2.72. The van der Waals surface area contributed by atoms with E-state index in [9.17, 15) is 14.3 Å². The van der Waals surface area contributed by atoms with Crippen molar-refractivity contribution in [3.05, 3.63) is 72.2 Å². The van der Waals surface area contributed by atoms with Gasteiger partial charge in [0.25, 0.3) is 0 Å². The molecule has 1 aromatic carbocycles. The van der Waals surface area contributed by atoms with Crippen LogP contribution in [0.3, 0.4) is 0 Å². The van der Waals surface area contributed by atoms with Gasteiger partial charge in [0.2, 0.25) is 0 Å². The molecule has 0 amide bonds. The van der Waals surface area contributed by atoms with E-state index < -0.39 is 11.8 Å². The predicted molar refractivity (Wildman–Crippen MR) is 82.0 cm³/mol. The smallest absolute Gasteiger partial charge is 0.337 e. The van der Waals surface area contributed by atoms with Crippen molar-refractivity contribution >= 4 is 11.8 Å². The van der Waals surface area contributed by atoms with Gasteiger partial charge in [-0.15, -0.1) is 0 Å². The molecule has 3 rings (SSSR count). The minimum absolute atomic E-state index is 0.199. The highest BCUT2D eigenvalue weighted by Gasteiger charge is 2.11. The Morgan fingerprint density at radius 3 is 2.78 bits per heavy atom. The van der Waals surface area contributed by atoms with Crippen molar-refractivity contribution in [1.82, 2.24) is 14.5 Å². The number of pyridine rings is 1. The van der Waals surface area contributed by atoms with Crippen LogP contribution in [0.25, 0.3) is 5.69 Å². The van der Waals surface area contributed by atoms with Gasteiger partial charge in [0.1, 0.15) is 11.6 Å². The maximum atomic E-state index is 12.8. The molecule has 0 bridgehead atoms. The second-order valence-electron chi connectivity index (χ2n) is 4.81. The Labute approximate surface area is 131 Å². The number of imidazole rings is 1. The molecule has 2 N–H and O–H groups in total. The number of benzene rings is 1. The van der Waals surface area contributed by atoms with E-state index >= 15 is 0 Å². The van der Waals surface area contributed by atoms with Crippen LogP contribution in [0.2, 0.25) is 0 Å². The topological polar surface area (TPSA) is 80.0 Å². The molecule has 6 nitrogen and oxygen atoms in total. The molecular formula is C16H13FN4O2. The molecule has 3 aromatic rings. The second-order valence-corrected chi connectivity index (χ2v) is 4.81. The van der Waals surface area contributed by atoms with Crippen LogP contribution in [0, 0.1) is 5.82 Å². The van der Waals surface area contributed by atoms with Crippen molar-refractivity contribution in [2.75, 3.05) is 5.32 Å². The summed E-state index contributed by atoms with van der Waals surface area (Å²) in [6, 6.07) is 9.54. The summed E-state index contributed by atoms with van der Waals surface area (Å²) in [6.07, 6.45) is 4.42. The highest BCUT2D eigenvalue weighted by Crippen LogP contribution is 2.15. The maximum Gasteiger partial charge on any atom is 0.337 e. The number of hydrogen-bond acceptors (Lipinski definition) is 4. The molecule has 0 unspecified atom stereocenters. The van der Waals surface area contributed by atoms with Crippen LogP contribution >= 0.6 is 0 Å². The van der Waals surface area contributed by atoms with Gasteiger partial charge in [-0.3, -0.25) is 0 Å². The van der Waals surface area contributed by atoms with E-state index in [1.165, 1.54) is 18.2 Å². The lowest BCUT2D eigenvalue weighted by molar-refractivity contribution is 0.0697. The summed E-state index contributed by atoms with van der Waals surface area (Å²) in [5, 5.41) is 12.2. The minimum atomic E-state index is -0.996. The van der Waals surface area contributed by atoms with Crippen LogP contribution in [0.15, 0.2) is 55.1 Å². The summed E-state index contributed by atoms with van der Waals surface area (Å²) in [7, 11) is 0. The van der Waals surface area contributed by atoms with Crippen molar-refractivity contribution in [3.63, 3.8) is 0 Å². The number of carboxylic acid groups (broad SMARTS) is 1. The summed E-state index contributed by atoms with van der Waals surface area (Å²) < 4.78 is 14.4. The molecule has 0 aliphatic heterocycles. The van der Waals surface area contributed by atoms with Crippen molar-refractivity contribution in [1.29, 1.82) is 0 Å². The zero-order valence-corrected chi connectivity index (χ0v) is 12.0. The van der Waals surface area contributed by atoms with E-state index in [0.717, 1.165) is 6.20 Å². The van der Waals surface area contributed by atoms with Gasteiger partial charge >= 0.3 is 5.97 Å². The molecule has 116 valence electrons. The number of nitrogens with one attached hydrogen (secondary N) is 1. The fourth-order valence-corrected chi connectivity index (χ4v) is 2.13. The number of anilines is 1. The molecule has 0 aliphatic carbocycles. The molecule has 0 atom stereocenters. The van der Waals surface area contributed by atoms with Crippen LogP contribution in [0.5, 0.6) is 0 Å². The number of aromatic nitrogens is 3. The Morgan fingerprint density at radius 1 is 1.22 bits per heavy atom. The lowest BCUT2D eigenvalue weighted by atomic mass is 10.2. The van der Waals surface area contributed by atoms with Crippen molar-refractivity contribution < 1.29 is 14.3 Å². The maximum absolute atomic E-state index is 12.8. The number of aromatic carboxylic acids is 1. The first-order valence-electron chi connectivity index (χ1n) is 6.84. The SMILES string of the molecule is O=C(O)c1ccccc1-n1cnc(CNc2ccc(F)cn2)c1. The van der Waals surface area contributed by atoms with Crippen LogP contribution < -0.4 is 5.32 Å². The number of rotatable bonds is 5. The van der Waals surface area contributed by atoms with Gasteiger partial charge in [0.05, 0.1) is 36.0 Å². The third kappa shape index (κ3) is 3.34. The number of hydrogen-bond donors (Lipinski definition) is 2. The van der Waals surface area contributed by atoms with Crippen LogP contribution in [-0.4, -0.2) is 25.6 Å². The minimum Gasteiger partial charge on any atom is -0.478 e. The first-order valence-corrected chi connectivity index (χ1v) is 6.84. The Balaban J connectivity index is 1.76. The summed E-state index contributed by atoms with van der Waals surface area (Å²) >= 11 is 0. The van der Waals surface area contributed by atoms with Gasteiger partial charge in [0.15, 0.2) is 0 Å². The fraction of sp³-hybridized carbons (Fsp3) is 0.0625. The molecule has 2 aromatic heterocycles. The lowest BCUT2D eigenvalue weighted by Crippen LogP contribution is -2.04. The molecule has 0 saturated heterocycles. The third-order valence-electron chi connectivity index (χ3n) is 3.23. The average Bonchev–Trinajstić information content (AvgIpc) is 3.03. The Bertz CT molecular complexity index is 830. The van der Waals surface area contributed by atoms with Crippen molar-refractivity contribution in [2.24, 2.45) is 0 Å². The average molecular weight is 312 g/mol. The zero-order chi connectivity index (χ0) is 16.2. The molecular weight excluding hydrogens is 299 g/mol. The lowest BCUT2D eigenvalue weighted by Gasteiger charge is -2.06. The molecule has 7 heteroatoms. The van der Waals surface area contributed by atoms with Crippen molar-refractivity contribution in [3.8, 4) is 5.69 Å². The largest absolute Gasteiger partial charge is 0.478 e. The quantitative estimate of drug-likeness (QED) is 0.757. The first kappa shape index (κ1) is 14.7. The summed E-state index contributed by atoms with van der Waals surface area (Å²) in [4.78, 5) is 19.4. The Kier molecular flexibility index (Phi) is 4.01. The molecule has 0 aliphatic rings. The number of carboxylic acids is 1. The van der Waals surface area contributed by atoms with Gasteiger partial charge in [0, 0.05) is 6.20 Å². The first-order chi connectivity index (χ1) is 11.1. The summed E-state index contributed by atoms with van der Waals surface area (Å²) in [6.45, 7) is 0.390. The molecule has 2 heterocycles. The van der Waals surface area contributed by atoms with Crippen LogP contribution in [0.1, 0.15) is 16.1 Å². The van der Waals surface area contributed by atoms with E-state index in [0.29, 0.717) is 23.7 Å². The van der Waals surface area contributed by atoms with Crippen molar-refractivity contribution in [2.45, 2.75) is 6.54 Å². The van der Waals surface area contributed by atoms with E-state index in [1.54, 1.807) is 35.3 Å². The molecule has 0 radical (unpaired) electrons. The zero-order valence-electron chi connectivity index (χ0n) is 12.0. The highest BCUT2D eigenvalue weighted by atomic mass is 19.1. The summed E-state index contributed by atoms with van der Waals surface area (Å²) in [5.74, 6) is -0.860. The van der Waals surface area contributed by atoms with Crippen LogP contribution in [-0.2, 0) is 6.54 Å². The van der Waals surface area contributed by atoms with Gasteiger partial charge in [-0.05, 0) is 24.3 Å². The summed E-state index contributed by atoms with van der Waals surface area (Å²) in [5.41, 5.74) is 1.44. The third-order valence-corrected chi connectivity index (χ3v) is 3.23. The van der Waals surface area contributed by atoms with Gasteiger partial charge in [-0.1, -0.05) is 12.1 Å². The number of para-hydroxylation sites is 1. The second kappa shape index (κ2) is 6.27. The standard InChI is InChI=1S/C16H13FN4O2/c17-11-5-6-15(18-7-11)19-8-12-9-21(10-20-12)14-4-2-1-3-13(14)16(22)23/h1-7,9-10H,8H2,(H,18,19)(H,22,23). The van der Waals surface area contributed by atoms with Crippen LogP contribution in [0.4, 0.5) is 10.2 Å². The monoisotopic (exact) mass is 312 g/mol. The molecule has 0 spiro atoms. The van der Waals surface area contributed by atoms with E-state index in [-0.39, 0.29) is 5.56 Å².